The fraction of sp³-hybridized carbons (Fsp3) is 0.556. The summed E-state index contributed by atoms with van der Waals surface area (Å²) in [5.41, 5.74) is 1.24. The Balaban J connectivity index is 2.45. The second-order valence-electron chi connectivity index (χ2n) is 2.63. The zero-order valence-corrected chi connectivity index (χ0v) is 7.63. The topological polar surface area (TPSA) is 33.3 Å². The number of likely N-dealkylation sites (N-methyl/N-ethyl adjacent to an activating group) is 1. The SMILES string of the molecule is CCOCC1=CC=CNC1NC. The van der Waals surface area contributed by atoms with Gasteiger partial charge in [0.05, 0.1) is 6.61 Å². The molecule has 1 aliphatic rings. The molecule has 0 aromatic heterocycles. The third-order valence-corrected chi connectivity index (χ3v) is 1.80. The molecule has 0 bridgehead atoms. The Morgan fingerprint density at radius 3 is 3.17 bits per heavy atom. The molecule has 0 amide bonds. The van der Waals surface area contributed by atoms with E-state index in [0.29, 0.717) is 6.61 Å². The quantitative estimate of drug-likeness (QED) is 0.645. The Bertz CT molecular complexity index is 187. The van der Waals surface area contributed by atoms with Gasteiger partial charge < -0.3 is 10.1 Å². The lowest BCUT2D eigenvalue weighted by atomic mass is 10.1. The number of allylic oxidation sites excluding steroid dienone is 2. The monoisotopic (exact) mass is 168 g/mol. The van der Waals surface area contributed by atoms with Gasteiger partial charge in [0.2, 0.25) is 0 Å². The summed E-state index contributed by atoms with van der Waals surface area (Å²) in [7, 11) is 1.93. The molecular formula is C9H16N2O. The van der Waals surface area contributed by atoms with Gasteiger partial charge in [-0.15, -0.1) is 0 Å². The van der Waals surface area contributed by atoms with Gasteiger partial charge in [0.15, 0.2) is 0 Å². The minimum absolute atomic E-state index is 0.224. The minimum atomic E-state index is 0.224. The maximum Gasteiger partial charge on any atom is 0.101 e. The fourth-order valence-electron chi connectivity index (χ4n) is 1.15. The summed E-state index contributed by atoms with van der Waals surface area (Å²) < 4.78 is 5.32. The van der Waals surface area contributed by atoms with Crippen molar-refractivity contribution >= 4 is 0 Å². The van der Waals surface area contributed by atoms with Gasteiger partial charge in [-0.2, -0.15) is 0 Å². The molecule has 0 aromatic carbocycles. The molecule has 0 saturated carbocycles. The van der Waals surface area contributed by atoms with Gasteiger partial charge in [-0.25, -0.2) is 0 Å². The van der Waals surface area contributed by atoms with Crippen LogP contribution in [0.25, 0.3) is 0 Å². The van der Waals surface area contributed by atoms with Gasteiger partial charge in [0.1, 0.15) is 6.17 Å². The van der Waals surface area contributed by atoms with Crippen LogP contribution in [0.2, 0.25) is 0 Å². The van der Waals surface area contributed by atoms with E-state index in [4.69, 9.17) is 4.74 Å². The second kappa shape index (κ2) is 4.95. The van der Waals surface area contributed by atoms with E-state index in [1.807, 2.05) is 26.2 Å². The first kappa shape index (κ1) is 9.29. The molecule has 0 radical (unpaired) electrons. The van der Waals surface area contributed by atoms with Crippen LogP contribution in [0, 0.1) is 0 Å². The van der Waals surface area contributed by atoms with Gasteiger partial charge >= 0.3 is 0 Å². The molecular weight excluding hydrogens is 152 g/mol. The highest BCUT2D eigenvalue weighted by Crippen LogP contribution is 2.04. The van der Waals surface area contributed by atoms with Gasteiger partial charge in [-0.1, -0.05) is 6.08 Å². The van der Waals surface area contributed by atoms with Crippen LogP contribution in [0.3, 0.4) is 0 Å². The lowest BCUT2D eigenvalue weighted by Crippen LogP contribution is -2.41. The highest BCUT2D eigenvalue weighted by Gasteiger charge is 2.11. The largest absolute Gasteiger partial charge is 0.377 e. The van der Waals surface area contributed by atoms with Crippen molar-refractivity contribution in [2.45, 2.75) is 13.1 Å². The van der Waals surface area contributed by atoms with Crippen LogP contribution < -0.4 is 10.6 Å². The summed E-state index contributed by atoms with van der Waals surface area (Å²) in [5.74, 6) is 0. The third kappa shape index (κ3) is 2.36. The normalized spacial score (nSPS) is 21.8. The van der Waals surface area contributed by atoms with Crippen LogP contribution in [0.5, 0.6) is 0 Å². The first-order valence-electron chi connectivity index (χ1n) is 4.25. The molecule has 0 aliphatic carbocycles. The number of hydrogen-bond acceptors (Lipinski definition) is 3. The number of hydrogen-bond donors (Lipinski definition) is 2. The smallest absolute Gasteiger partial charge is 0.101 e. The minimum Gasteiger partial charge on any atom is -0.377 e. The van der Waals surface area contributed by atoms with Crippen molar-refractivity contribution in [3.63, 3.8) is 0 Å². The first-order valence-corrected chi connectivity index (χ1v) is 4.25. The zero-order valence-electron chi connectivity index (χ0n) is 7.63. The van der Waals surface area contributed by atoms with E-state index in [1.54, 1.807) is 0 Å². The van der Waals surface area contributed by atoms with Crippen LogP contribution in [-0.4, -0.2) is 26.4 Å². The Morgan fingerprint density at radius 2 is 2.50 bits per heavy atom. The molecule has 0 saturated heterocycles. The van der Waals surface area contributed by atoms with Crippen molar-refractivity contribution in [1.82, 2.24) is 10.6 Å². The van der Waals surface area contributed by atoms with Crippen molar-refractivity contribution in [3.05, 3.63) is 23.9 Å². The Labute approximate surface area is 73.5 Å². The van der Waals surface area contributed by atoms with Gasteiger partial charge in [-0.05, 0) is 31.8 Å². The zero-order chi connectivity index (χ0) is 8.81. The number of dihydropyridines is 1. The highest BCUT2D eigenvalue weighted by atomic mass is 16.5. The van der Waals surface area contributed by atoms with E-state index in [2.05, 4.69) is 16.7 Å². The van der Waals surface area contributed by atoms with Gasteiger partial charge in [0, 0.05) is 6.61 Å². The van der Waals surface area contributed by atoms with Crippen molar-refractivity contribution in [3.8, 4) is 0 Å². The van der Waals surface area contributed by atoms with Crippen molar-refractivity contribution in [1.29, 1.82) is 0 Å². The van der Waals surface area contributed by atoms with E-state index >= 15 is 0 Å². The lowest BCUT2D eigenvalue weighted by Gasteiger charge is -2.22. The summed E-state index contributed by atoms with van der Waals surface area (Å²) in [6.07, 6.45) is 6.22. The average molecular weight is 168 g/mol. The van der Waals surface area contributed by atoms with E-state index in [0.717, 1.165) is 6.61 Å². The average Bonchev–Trinajstić information content (AvgIpc) is 2.15. The summed E-state index contributed by atoms with van der Waals surface area (Å²) in [6, 6.07) is 0. The molecule has 1 rings (SSSR count). The molecule has 0 spiro atoms. The predicted molar refractivity (Wildman–Crippen MR) is 49.7 cm³/mol. The summed E-state index contributed by atoms with van der Waals surface area (Å²) in [6.45, 7) is 3.46. The predicted octanol–water partition coefficient (Wildman–Crippen LogP) is 0.612. The van der Waals surface area contributed by atoms with Crippen molar-refractivity contribution in [2.75, 3.05) is 20.3 Å². The van der Waals surface area contributed by atoms with Crippen LogP contribution >= 0.6 is 0 Å². The van der Waals surface area contributed by atoms with Gasteiger partial charge in [0.25, 0.3) is 0 Å². The Hall–Kier alpha value is -0.800. The molecule has 68 valence electrons. The fourth-order valence-corrected chi connectivity index (χ4v) is 1.15. The highest BCUT2D eigenvalue weighted by molar-refractivity contribution is 5.22. The molecule has 1 aliphatic heterocycles. The van der Waals surface area contributed by atoms with Crippen LogP contribution in [0.4, 0.5) is 0 Å². The third-order valence-electron chi connectivity index (χ3n) is 1.80. The van der Waals surface area contributed by atoms with E-state index < -0.39 is 0 Å². The van der Waals surface area contributed by atoms with E-state index in [1.165, 1.54) is 5.57 Å². The molecule has 1 unspecified atom stereocenters. The molecule has 3 nitrogen and oxygen atoms in total. The molecule has 2 N–H and O–H groups in total. The lowest BCUT2D eigenvalue weighted by molar-refractivity contribution is 0.164. The second-order valence-corrected chi connectivity index (χ2v) is 2.63. The maximum atomic E-state index is 5.32. The van der Waals surface area contributed by atoms with Crippen LogP contribution in [0.1, 0.15) is 6.92 Å². The summed E-state index contributed by atoms with van der Waals surface area (Å²) in [5, 5.41) is 6.34. The molecule has 1 heterocycles. The van der Waals surface area contributed by atoms with Crippen molar-refractivity contribution in [2.24, 2.45) is 0 Å². The van der Waals surface area contributed by atoms with Crippen LogP contribution in [0.15, 0.2) is 23.9 Å². The molecule has 0 aromatic rings. The molecule has 3 heteroatoms. The Kier molecular flexibility index (Phi) is 3.84. The van der Waals surface area contributed by atoms with Gasteiger partial charge in [-0.3, -0.25) is 5.32 Å². The standard InChI is InChI=1S/C9H16N2O/c1-3-12-7-8-5-4-6-11-9(8)10-2/h4-6,9-11H,3,7H2,1-2H3. The van der Waals surface area contributed by atoms with E-state index in [9.17, 15) is 0 Å². The molecule has 0 fully saturated rings. The van der Waals surface area contributed by atoms with Crippen molar-refractivity contribution < 1.29 is 4.74 Å². The van der Waals surface area contributed by atoms with E-state index in [-0.39, 0.29) is 6.17 Å². The number of rotatable bonds is 4. The summed E-state index contributed by atoms with van der Waals surface area (Å²) in [4.78, 5) is 0. The van der Waals surface area contributed by atoms with Crippen LogP contribution in [-0.2, 0) is 4.74 Å². The Morgan fingerprint density at radius 1 is 1.67 bits per heavy atom. The molecule has 1 atom stereocenters. The summed E-state index contributed by atoms with van der Waals surface area (Å²) >= 11 is 0. The number of nitrogens with one attached hydrogen (secondary N) is 2. The molecule has 12 heavy (non-hydrogen) atoms. The first-order chi connectivity index (χ1) is 5.88. The number of ether oxygens (including phenoxy) is 1. The maximum absolute atomic E-state index is 5.32.